The number of ether oxygens (including phenoxy) is 1. The van der Waals surface area contributed by atoms with Gasteiger partial charge in [0.05, 0.1) is 23.1 Å². The maximum atomic E-state index is 13.1. The third-order valence-electron chi connectivity index (χ3n) is 7.43. The van der Waals surface area contributed by atoms with Gasteiger partial charge in [0.25, 0.3) is 0 Å². The molecule has 5 heteroatoms. The topological polar surface area (TPSA) is 63.7 Å². The zero-order chi connectivity index (χ0) is 23.5. The molecule has 2 aromatic rings. The monoisotopic (exact) mass is 443 g/mol. The molecule has 0 radical (unpaired) electrons. The minimum absolute atomic E-state index is 0.0720. The molecule has 1 aliphatic heterocycles. The molecule has 0 spiro atoms. The van der Waals surface area contributed by atoms with Crippen molar-refractivity contribution in [3.63, 3.8) is 0 Å². The lowest BCUT2D eigenvalue weighted by Gasteiger charge is -2.19. The van der Waals surface area contributed by atoms with Crippen molar-refractivity contribution >= 4 is 23.5 Å². The van der Waals surface area contributed by atoms with Crippen molar-refractivity contribution in [2.75, 3.05) is 4.90 Å². The molecule has 2 amide bonds. The van der Waals surface area contributed by atoms with Crippen LogP contribution in [0, 0.1) is 23.7 Å². The molecular formula is C28H29NO4. The number of nitrogens with zero attached hydrogens (tertiary/aromatic N) is 1. The summed E-state index contributed by atoms with van der Waals surface area (Å²) in [5.41, 5.74) is 4.36. The molecule has 33 heavy (non-hydrogen) atoms. The van der Waals surface area contributed by atoms with Gasteiger partial charge in [-0.15, -0.1) is 0 Å². The summed E-state index contributed by atoms with van der Waals surface area (Å²) in [6.45, 7) is 8.71. The van der Waals surface area contributed by atoms with Crippen molar-refractivity contribution in [1.82, 2.24) is 0 Å². The Kier molecular flexibility index (Phi) is 5.04. The molecule has 0 aromatic heterocycles. The number of rotatable bonds is 4. The summed E-state index contributed by atoms with van der Waals surface area (Å²) in [6, 6.07) is 14.6. The number of fused-ring (bicyclic) bond motifs is 5. The third-order valence-corrected chi connectivity index (χ3v) is 7.43. The molecule has 0 N–H and O–H groups in total. The molecule has 5 nitrogen and oxygen atoms in total. The van der Waals surface area contributed by atoms with Crippen molar-refractivity contribution in [3.8, 4) is 0 Å². The quantitative estimate of drug-likeness (QED) is 0.377. The number of benzene rings is 2. The number of carbonyl (C=O) groups is 3. The van der Waals surface area contributed by atoms with E-state index >= 15 is 0 Å². The zero-order valence-corrected chi connectivity index (χ0v) is 19.5. The number of esters is 1. The summed E-state index contributed by atoms with van der Waals surface area (Å²) < 4.78 is 5.46. The fraction of sp³-hybridized carbons (Fsp3) is 0.393. The largest absolute Gasteiger partial charge is 0.457 e. The fourth-order valence-corrected chi connectivity index (χ4v) is 5.61. The highest BCUT2D eigenvalue weighted by molar-refractivity contribution is 6.23. The van der Waals surface area contributed by atoms with E-state index in [-0.39, 0.29) is 47.5 Å². The molecule has 2 aromatic carbocycles. The van der Waals surface area contributed by atoms with Crippen LogP contribution >= 0.6 is 0 Å². The standard InChI is InChI=1S/C28H29NO4/c1-16-13-19-14-22(16)24-23(19)25(30)29(26(24)31)21-11-7-18(8-12-21)27(32)33-15-17-5-9-20(10-6-17)28(2,3)4/h5-13,19,22-24H,14-15H2,1-4H3/t19-,22-,23+,24+/m1/s1. The molecular weight excluding hydrogens is 414 g/mol. The highest BCUT2D eigenvalue weighted by Gasteiger charge is 2.60. The Hall–Kier alpha value is -3.21. The maximum Gasteiger partial charge on any atom is 0.338 e. The first-order valence-electron chi connectivity index (χ1n) is 11.6. The van der Waals surface area contributed by atoms with Crippen LogP contribution in [0.4, 0.5) is 5.69 Å². The number of anilines is 1. The van der Waals surface area contributed by atoms with Crippen LogP contribution < -0.4 is 4.90 Å². The molecule has 1 saturated heterocycles. The van der Waals surface area contributed by atoms with Crippen LogP contribution in [0.3, 0.4) is 0 Å². The second-order valence-corrected chi connectivity index (χ2v) is 10.6. The Balaban J connectivity index is 1.24. The van der Waals surface area contributed by atoms with E-state index in [4.69, 9.17) is 4.74 Å². The molecule has 2 aliphatic carbocycles. The third kappa shape index (κ3) is 3.60. The molecule has 5 rings (SSSR count). The highest BCUT2D eigenvalue weighted by Crippen LogP contribution is 2.55. The molecule has 2 fully saturated rings. The predicted octanol–water partition coefficient (Wildman–Crippen LogP) is 5.04. The van der Waals surface area contributed by atoms with Crippen molar-refractivity contribution < 1.29 is 19.1 Å². The average Bonchev–Trinajstić information content (AvgIpc) is 3.42. The SMILES string of the molecule is CC1=C[C@@H]2C[C@H]1[C@@H]1C(=O)N(c3ccc(C(=O)OCc4ccc(C(C)(C)C)cc4)cc3)C(=O)[C@H]12. The first kappa shape index (κ1) is 21.6. The van der Waals surface area contributed by atoms with Gasteiger partial charge in [-0.05, 0) is 66.0 Å². The average molecular weight is 444 g/mol. The van der Waals surface area contributed by atoms with E-state index in [0.29, 0.717) is 11.3 Å². The minimum atomic E-state index is -0.435. The lowest BCUT2D eigenvalue weighted by molar-refractivity contribution is -0.123. The number of allylic oxidation sites excluding steroid dienone is 2. The van der Waals surface area contributed by atoms with Crippen LogP contribution in [0.1, 0.15) is 55.6 Å². The maximum absolute atomic E-state index is 13.1. The van der Waals surface area contributed by atoms with E-state index < -0.39 is 5.97 Å². The summed E-state index contributed by atoms with van der Waals surface area (Å²) >= 11 is 0. The van der Waals surface area contributed by atoms with E-state index in [9.17, 15) is 14.4 Å². The van der Waals surface area contributed by atoms with Gasteiger partial charge in [-0.2, -0.15) is 0 Å². The molecule has 0 unspecified atom stereocenters. The van der Waals surface area contributed by atoms with Gasteiger partial charge in [0.2, 0.25) is 11.8 Å². The summed E-state index contributed by atoms with van der Waals surface area (Å²) in [7, 11) is 0. The van der Waals surface area contributed by atoms with Crippen molar-refractivity contribution in [1.29, 1.82) is 0 Å². The van der Waals surface area contributed by atoms with Gasteiger partial charge in [0.1, 0.15) is 6.61 Å². The number of amides is 2. The molecule has 2 bridgehead atoms. The molecule has 3 aliphatic rings. The zero-order valence-electron chi connectivity index (χ0n) is 19.5. The van der Waals surface area contributed by atoms with Crippen molar-refractivity contribution in [2.24, 2.45) is 23.7 Å². The van der Waals surface area contributed by atoms with Gasteiger partial charge >= 0.3 is 5.97 Å². The molecule has 1 saturated carbocycles. The van der Waals surface area contributed by atoms with E-state index in [1.54, 1.807) is 24.3 Å². The van der Waals surface area contributed by atoms with Gasteiger partial charge < -0.3 is 4.74 Å². The van der Waals surface area contributed by atoms with Crippen LogP contribution in [0.15, 0.2) is 60.2 Å². The van der Waals surface area contributed by atoms with Gasteiger partial charge in [-0.25, -0.2) is 4.79 Å². The number of imide groups is 1. The highest BCUT2D eigenvalue weighted by atomic mass is 16.5. The van der Waals surface area contributed by atoms with E-state index in [1.807, 2.05) is 12.1 Å². The Morgan fingerprint density at radius 1 is 0.970 bits per heavy atom. The minimum Gasteiger partial charge on any atom is -0.457 e. The lowest BCUT2D eigenvalue weighted by Crippen LogP contribution is -2.32. The van der Waals surface area contributed by atoms with Crippen molar-refractivity contribution in [3.05, 3.63) is 76.9 Å². The van der Waals surface area contributed by atoms with Crippen LogP contribution in [0.25, 0.3) is 0 Å². The second kappa shape index (κ2) is 7.68. The van der Waals surface area contributed by atoms with Gasteiger partial charge in [0, 0.05) is 0 Å². The van der Waals surface area contributed by atoms with E-state index in [0.717, 1.165) is 12.0 Å². The first-order valence-corrected chi connectivity index (χ1v) is 11.6. The second-order valence-electron chi connectivity index (χ2n) is 10.6. The summed E-state index contributed by atoms with van der Waals surface area (Å²) in [6.07, 6.45) is 3.08. The summed E-state index contributed by atoms with van der Waals surface area (Å²) in [5, 5.41) is 0. The van der Waals surface area contributed by atoms with Crippen LogP contribution in [0.5, 0.6) is 0 Å². The lowest BCUT2D eigenvalue weighted by atomic mass is 9.82. The van der Waals surface area contributed by atoms with Crippen molar-refractivity contribution in [2.45, 2.75) is 46.1 Å². The van der Waals surface area contributed by atoms with Gasteiger partial charge in [0.15, 0.2) is 0 Å². The summed E-state index contributed by atoms with van der Waals surface area (Å²) in [5.74, 6) is -0.770. The molecule has 170 valence electrons. The predicted molar refractivity (Wildman–Crippen MR) is 126 cm³/mol. The van der Waals surface area contributed by atoms with E-state index in [1.165, 1.54) is 16.0 Å². The summed E-state index contributed by atoms with van der Waals surface area (Å²) in [4.78, 5) is 40.0. The van der Waals surface area contributed by atoms with Gasteiger partial charge in [-0.3, -0.25) is 14.5 Å². The van der Waals surface area contributed by atoms with E-state index in [2.05, 4.69) is 45.9 Å². The first-order chi connectivity index (χ1) is 15.6. The Morgan fingerprint density at radius 3 is 2.24 bits per heavy atom. The number of carbonyl (C=O) groups excluding carboxylic acids is 3. The van der Waals surface area contributed by atoms with Crippen LogP contribution in [-0.2, 0) is 26.3 Å². The molecule has 1 heterocycles. The Labute approximate surface area is 194 Å². The fourth-order valence-electron chi connectivity index (χ4n) is 5.61. The number of hydrogen-bond acceptors (Lipinski definition) is 4. The normalized spacial score (nSPS) is 25.9. The molecule has 4 atom stereocenters. The van der Waals surface area contributed by atoms with Crippen LogP contribution in [0.2, 0.25) is 0 Å². The smallest absolute Gasteiger partial charge is 0.338 e. The Morgan fingerprint density at radius 2 is 1.61 bits per heavy atom. The van der Waals surface area contributed by atoms with Gasteiger partial charge in [-0.1, -0.05) is 56.7 Å². The van der Waals surface area contributed by atoms with Crippen LogP contribution in [-0.4, -0.2) is 17.8 Å². The Bertz CT molecular complexity index is 1150. The number of hydrogen-bond donors (Lipinski definition) is 0.